The van der Waals surface area contributed by atoms with Crippen molar-refractivity contribution in [1.29, 1.82) is 0 Å². The highest BCUT2D eigenvalue weighted by Crippen LogP contribution is 2.42. The zero-order chi connectivity index (χ0) is 29.2. The van der Waals surface area contributed by atoms with E-state index in [-0.39, 0.29) is 22.8 Å². The van der Waals surface area contributed by atoms with Crippen molar-refractivity contribution in [1.82, 2.24) is 9.66 Å². The predicted octanol–water partition coefficient (Wildman–Crippen LogP) is 7.43. The first-order valence-corrected chi connectivity index (χ1v) is 14.2. The molecule has 0 fully saturated rings. The molecule has 208 valence electrons. The molecular weight excluding hydrogens is 666 g/mol. The van der Waals surface area contributed by atoms with Gasteiger partial charge in [-0.1, -0.05) is 60.4 Å². The minimum absolute atomic E-state index is 0.141. The Morgan fingerprint density at radius 2 is 1.82 bits per heavy atom. The molecule has 0 unspecified atom stereocenters. The van der Waals surface area contributed by atoms with E-state index in [9.17, 15) is 9.59 Å². The summed E-state index contributed by atoms with van der Waals surface area (Å²) >= 11 is 13.7. The van der Waals surface area contributed by atoms with E-state index in [1.54, 1.807) is 30.3 Å². The van der Waals surface area contributed by atoms with E-state index >= 15 is 0 Å². The van der Waals surface area contributed by atoms with Crippen LogP contribution in [0.5, 0.6) is 11.5 Å². The van der Waals surface area contributed by atoms with Crippen LogP contribution in [0.2, 0.25) is 5.02 Å². The SMILES string of the molecule is CCOc1cc(C=Nn2c(C(C)(C)C)nc3ccc(Br)cc3c2=O)c(Br)c(Cl)c1OCc1ccc(C(=O)O)cc1. The zero-order valence-electron chi connectivity index (χ0n) is 22.2. The number of aromatic nitrogens is 2. The number of hydrogen-bond acceptors (Lipinski definition) is 6. The molecule has 0 spiro atoms. The van der Waals surface area contributed by atoms with Crippen LogP contribution < -0.4 is 15.0 Å². The van der Waals surface area contributed by atoms with Gasteiger partial charge in [0.2, 0.25) is 0 Å². The van der Waals surface area contributed by atoms with E-state index in [1.807, 2.05) is 33.8 Å². The molecule has 0 bridgehead atoms. The summed E-state index contributed by atoms with van der Waals surface area (Å²) in [5.74, 6) is 0.215. The first kappa shape index (κ1) is 29.8. The molecule has 1 heterocycles. The summed E-state index contributed by atoms with van der Waals surface area (Å²) in [6.07, 6.45) is 1.52. The summed E-state index contributed by atoms with van der Waals surface area (Å²) in [4.78, 5) is 29.4. The minimum Gasteiger partial charge on any atom is -0.490 e. The highest BCUT2D eigenvalue weighted by atomic mass is 79.9. The largest absolute Gasteiger partial charge is 0.490 e. The third-order valence-electron chi connectivity index (χ3n) is 5.83. The Morgan fingerprint density at radius 3 is 2.45 bits per heavy atom. The molecule has 0 aliphatic heterocycles. The van der Waals surface area contributed by atoms with E-state index in [0.29, 0.717) is 44.9 Å². The number of carboxylic acids is 1. The number of aromatic carboxylic acids is 1. The monoisotopic (exact) mass is 689 g/mol. The number of rotatable bonds is 8. The second kappa shape index (κ2) is 12.1. The Labute approximate surface area is 252 Å². The van der Waals surface area contributed by atoms with E-state index in [4.69, 9.17) is 31.2 Å². The first-order chi connectivity index (χ1) is 18.9. The number of fused-ring (bicyclic) bond motifs is 1. The Kier molecular flexibility index (Phi) is 9.02. The second-order valence-corrected chi connectivity index (χ2v) is 11.9. The van der Waals surface area contributed by atoms with Crippen molar-refractivity contribution in [2.45, 2.75) is 39.7 Å². The summed E-state index contributed by atoms with van der Waals surface area (Å²) in [6.45, 7) is 8.23. The summed E-state index contributed by atoms with van der Waals surface area (Å²) in [6, 6.07) is 13.5. The quantitative estimate of drug-likeness (QED) is 0.193. The summed E-state index contributed by atoms with van der Waals surface area (Å²) in [7, 11) is 0. The molecular formula is C29H26Br2ClN3O5. The third kappa shape index (κ3) is 6.40. The lowest BCUT2D eigenvalue weighted by Crippen LogP contribution is -2.29. The van der Waals surface area contributed by atoms with Crippen molar-refractivity contribution < 1.29 is 19.4 Å². The third-order valence-corrected chi connectivity index (χ3v) is 7.77. The van der Waals surface area contributed by atoms with Crippen LogP contribution in [0.15, 0.2) is 67.4 Å². The highest BCUT2D eigenvalue weighted by Gasteiger charge is 2.23. The molecule has 0 amide bonds. The molecule has 0 aliphatic rings. The van der Waals surface area contributed by atoms with Crippen molar-refractivity contribution in [3.8, 4) is 11.5 Å². The fourth-order valence-electron chi connectivity index (χ4n) is 3.86. The Hall–Kier alpha value is -3.21. The maximum Gasteiger partial charge on any atom is 0.335 e. The standard InChI is InChI=1S/C29H26Br2ClN3O5/c1-5-39-22-12-18(23(31)24(32)25(22)40-15-16-6-8-17(9-7-16)27(37)38)14-33-35-26(36)20-13-19(30)10-11-21(20)34-28(35)29(2,3)4/h6-14H,5,15H2,1-4H3,(H,37,38). The molecule has 1 N–H and O–H groups in total. The lowest BCUT2D eigenvalue weighted by atomic mass is 9.95. The van der Waals surface area contributed by atoms with E-state index in [2.05, 4.69) is 37.0 Å². The fraction of sp³-hybridized carbons (Fsp3) is 0.241. The Morgan fingerprint density at radius 1 is 1.12 bits per heavy atom. The smallest absolute Gasteiger partial charge is 0.335 e. The van der Waals surface area contributed by atoms with Crippen LogP contribution in [0.1, 0.15) is 55.0 Å². The van der Waals surface area contributed by atoms with Crippen molar-refractivity contribution in [2.24, 2.45) is 5.10 Å². The Bertz CT molecular complexity index is 1680. The van der Waals surface area contributed by atoms with Gasteiger partial charge >= 0.3 is 5.97 Å². The molecule has 40 heavy (non-hydrogen) atoms. The van der Waals surface area contributed by atoms with Crippen LogP contribution >= 0.6 is 43.5 Å². The molecule has 0 radical (unpaired) electrons. The van der Waals surface area contributed by atoms with Crippen molar-refractivity contribution in [3.63, 3.8) is 0 Å². The number of carbonyl (C=O) groups is 1. The van der Waals surface area contributed by atoms with E-state index in [1.165, 1.54) is 23.0 Å². The number of benzene rings is 3. The van der Waals surface area contributed by atoms with Gasteiger partial charge in [0.1, 0.15) is 17.5 Å². The van der Waals surface area contributed by atoms with E-state index < -0.39 is 11.4 Å². The summed E-state index contributed by atoms with van der Waals surface area (Å²) in [5.41, 5.74) is 1.33. The van der Waals surface area contributed by atoms with Gasteiger partial charge in [0.05, 0.1) is 29.3 Å². The average Bonchev–Trinajstić information content (AvgIpc) is 2.90. The van der Waals surface area contributed by atoms with Crippen molar-refractivity contribution in [2.75, 3.05) is 6.61 Å². The minimum atomic E-state index is -1.00. The van der Waals surface area contributed by atoms with Crippen LogP contribution in [0, 0.1) is 0 Å². The maximum absolute atomic E-state index is 13.5. The van der Waals surface area contributed by atoms with Gasteiger partial charge in [-0.3, -0.25) is 4.79 Å². The van der Waals surface area contributed by atoms with Gasteiger partial charge in [-0.05, 0) is 64.8 Å². The molecule has 4 aromatic rings. The average molecular weight is 692 g/mol. The van der Waals surface area contributed by atoms with Crippen LogP contribution in [-0.4, -0.2) is 33.6 Å². The number of nitrogens with zero attached hydrogens (tertiary/aromatic N) is 3. The molecule has 3 aromatic carbocycles. The molecule has 0 aliphatic carbocycles. The molecule has 0 saturated heterocycles. The number of carboxylic acid groups (broad SMARTS) is 1. The first-order valence-electron chi connectivity index (χ1n) is 12.3. The number of hydrogen-bond donors (Lipinski definition) is 1. The van der Waals surface area contributed by atoms with Crippen LogP contribution in [0.4, 0.5) is 0 Å². The number of ether oxygens (including phenoxy) is 2. The molecule has 0 atom stereocenters. The van der Waals surface area contributed by atoms with Crippen molar-refractivity contribution in [3.05, 3.63) is 95.4 Å². The Balaban J connectivity index is 1.74. The fourth-order valence-corrected chi connectivity index (χ4v) is 4.87. The summed E-state index contributed by atoms with van der Waals surface area (Å²) < 4.78 is 14.4. The number of halogens is 3. The second-order valence-electron chi connectivity index (χ2n) is 9.85. The molecule has 8 nitrogen and oxygen atoms in total. The topological polar surface area (TPSA) is 103 Å². The van der Waals surface area contributed by atoms with Gasteiger partial charge in [0, 0.05) is 19.9 Å². The van der Waals surface area contributed by atoms with Crippen molar-refractivity contribution >= 4 is 66.5 Å². The summed E-state index contributed by atoms with van der Waals surface area (Å²) in [5, 5.41) is 14.3. The molecule has 11 heteroatoms. The molecule has 1 aromatic heterocycles. The predicted molar refractivity (Wildman–Crippen MR) is 163 cm³/mol. The lowest BCUT2D eigenvalue weighted by molar-refractivity contribution is 0.0697. The highest BCUT2D eigenvalue weighted by molar-refractivity contribution is 9.10. The molecule has 4 rings (SSSR count). The zero-order valence-corrected chi connectivity index (χ0v) is 26.1. The lowest BCUT2D eigenvalue weighted by Gasteiger charge is -2.21. The normalized spacial score (nSPS) is 11.8. The van der Waals surface area contributed by atoms with Gasteiger partial charge in [-0.25, -0.2) is 9.78 Å². The van der Waals surface area contributed by atoms with Crippen LogP contribution in [-0.2, 0) is 12.0 Å². The van der Waals surface area contributed by atoms with Crippen LogP contribution in [0.3, 0.4) is 0 Å². The molecule has 0 saturated carbocycles. The van der Waals surface area contributed by atoms with Gasteiger partial charge in [0.15, 0.2) is 11.5 Å². The van der Waals surface area contributed by atoms with Gasteiger partial charge in [0.25, 0.3) is 5.56 Å². The van der Waals surface area contributed by atoms with E-state index in [0.717, 1.165) is 10.0 Å². The van der Waals surface area contributed by atoms with Gasteiger partial charge in [-0.2, -0.15) is 9.78 Å². The van der Waals surface area contributed by atoms with Crippen LogP contribution in [0.25, 0.3) is 10.9 Å². The van der Waals surface area contributed by atoms with Gasteiger partial charge in [-0.15, -0.1) is 0 Å². The maximum atomic E-state index is 13.5. The van der Waals surface area contributed by atoms with Gasteiger partial charge < -0.3 is 14.6 Å².